The zero-order chi connectivity index (χ0) is 6.85. The van der Waals surface area contributed by atoms with E-state index in [4.69, 9.17) is 22.6 Å². The zero-order valence-corrected chi connectivity index (χ0v) is 5.28. The van der Waals surface area contributed by atoms with E-state index in [-0.39, 0.29) is 0 Å². The molecular weight excluding hydrogens is 142 g/mol. The standard InChI is InChI=1S/C4H6ClN3O/c5-3-1-7-4(9)8(6)2-3/h1-2,4,9H,6H2. The second-order valence-electron chi connectivity index (χ2n) is 1.59. The van der Waals surface area contributed by atoms with Gasteiger partial charge < -0.3 is 5.11 Å². The minimum atomic E-state index is -0.993. The molecule has 0 spiro atoms. The number of aliphatic imine (C=N–C) groups is 1. The van der Waals surface area contributed by atoms with Crippen molar-refractivity contribution in [3.8, 4) is 0 Å². The highest BCUT2D eigenvalue weighted by atomic mass is 35.5. The molecule has 50 valence electrons. The van der Waals surface area contributed by atoms with E-state index < -0.39 is 6.35 Å². The van der Waals surface area contributed by atoms with Crippen LogP contribution < -0.4 is 5.84 Å². The normalized spacial score (nSPS) is 26.3. The van der Waals surface area contributed by atoms with Crippen LogP contribution in [0.3, 0.4) is 0 Å². The fourth-order valence-electron chi connectivity index (χ4n) is 0.457. The Labute approximate surface area is 57.2 Å². The van der Waals surface area contributed by atoms with Crippen LogP contribution in [0, 0.1) is 0 Å². The molecule has 0 saturated carbocycles. The number of allylic oxidation sites excluding steroid dienone is 1. The lowest BCUT2D eigenvalue weighted by molar-refractivity contribution is 0.0442. The summed E-state index contributed by atoms with van der Waals surface area (Å²) in [4.78, 5) is 3.52. The molecular formula is C4H6ClN3O. The van der Waals surface area contributed by atoms with Gasteiger partial charge in [0, 0.05) is 12.4 Å². The van der Waals surface area contributed by atoms with Crippen molar-refractivity contribution in [2.24, 2.45) is 10.8 Å². The van der Waals surface area contributed by atoms with Crippen molar-refractivity contribution in [2.75, 3.05) is 0 Å². The highest BCUT2D eigenvalue weighted by Gasteiger charge is 2.09. The molecule has 1 aliphatic rings. The van der Waals surface area contributed by atoms with Crippen LogP contribution in [-0.4, -0.2) is 22.7 Å². The average Bonchev–Trinajstić information content (AvgIpc) is 1.80. The van der Waals surface area contributed by atoms with Gasteiger partial charge >= 0.3 is 0 Å². The van der Waals surface area contributed by atoms with E-state index in [1.54, 1.807) is 0 Å². The van der Waals surface area contributed by atoms with Crippen molar-refractivity contribution >= 4 is 17.8 Å². The lowest BCUT2D eigenvalue weighted by atomic mass is 10.6. The van der Waals surface area contributed by atoms with Crippen LogP contribution in [0.1, 0.15) is 0 Å². The van der Waals surface area contributed by atoms with Gasteiger partial charge in [0.15, 0.2) is 0 Å². The molecule has 1 atom stereocenters. The third-order valence-electron chi connectivity index (χ3n) is 0.870. The lowest BCUT2D eigenvalue weighted by Crippen LogP contribution is -2.37. The molecule has 0 aromatic heterocycles. The van der Waals surface area contributed by atoms with E-state index in [2.05, 4.69) is 4.99 Å². The molecule has 0 saturated heterocycles. The molecule has 4 nitrogen and oxygen atoms in total. The van der Waals surface area contributed by atoms with Crippen molar-refractivity contribution in [2.45, 2.75) is 6.35 Å². The minimum absolute atomic E-state index is 0.405. The van der Waals surface area contributed by atoms with Crippen LogP contribution >= 0.6 is 11.6 Å². The van der Waals surface area contributed by atoms with Crippen LogP contribution in [0.4, 0.5) is 0 Å². The van der Waals surface area contributed by atoms with Crippen LogP contribution in [-0.2, 0) is 0 Å². The SMILES string of the molecule is NN1C=C(Cl)C=NC1O. The number of hydrogen-bond donors (Lipinski definition) is 2. The van der Waals surface area contributed by atoms with Gasteiger partial charge in [-0.2, -0.15) is 0 Å². The van der Waals surface area contributed by atoms with Crippen molar-refractivity contribution in [3.05, 3.63) is 11.2 Å². The summed E-state index contributed by atoms with van der Waals surface area (Å²) >= 11 is 5.46. The predicted octanol–water partition coefficient (Wildman–Crippen LogP) is -0.397. The zero-order valence-electron chi connectivity index (χ0n) is 4.53. The number of aliphatic hydroxyl groups excluding tert-OH is 1. The molecule has 0 aromatic rings. The van der Waals surface area contributed by atoms with Crippen molar-refractivity contribution < 1.29 is 5.11 Å². The largest absolute Gasteiger partial charge is 0.354 e. The van der Waals surface area contributed by atoms with Crippen LogP contribution in [0.15, 0.2) is 16.2 Å². The Hall–Kier alpha value is -0.580. The summed E-state index contributed by atoms with van der Waals surface area (Å²) in [6, 6.07) is 0. The Kier molecular flexibility index (Phi) is 1.70. The molecule has 5 heteroatoms. The highest BCUT2D eigenvalue weighted by molar-refractivity contribution is 6.39. The third-order valence-corrected chi connectivity index (χ3v) is 1.07. The Balaban J connectivity index is 2.70. The van der Waals surface area contributed by atoms with Gasteiger partial charge in [-0.25, -0.2) is 10.8 Å². The van der Waals surface area contributed by atoms with Crippen molar-refractivity contribution in [3.63, 3.8) is 0 Å². The summed E-state index contributed by atoms with van der Waals surface area (Å²) in [5.41, 5.74) is 0. The highest BCUT2D eigenvalue weighted by Crippen LogP contribution is 2.06. The van der Waals surface area contributed by atoms with Gasteiger partial charge in [0.25, 0.3) is 0 Å². The lowest BCUT2D eigenvalue weighted by Gasteiger charge is -2.19. The second-order valence-corrected chi connectivity index (χ2v) is 2.02. The molecule has 0 aliphatic carbocycles. The van der Waals surface area contributed by atoms with E-state index in [9.17, 15) is 0 Å². The molecule has 1 heterocycles. The summed E-state index contributed by atoms with van der Waals surface area (Å²) < 4.78 is 0. The predicted molar refractivity (Wildman–Crippen MR) is 34.5 cm³/mol. The number of nitrogens with zero attached hydrogens (tertiary/aromatic N) is 2. The van der Waals surface area contributed by atoms with Gasteiger partial charge in [0.1, 0.15) is 0 Å². The maximum Gasteiger partial charge on any atom is 0.238 e. The number of hydrazine groups is 1. The monoisotopic (exact) mass is 147 g/mol. The first-order valence-corrected chi connectivity index (χ1v) is 2.69. The molecule has 0 bridgehead atoms. The molecule has 0 amide bonds. The molecule has 0 fully saturated rings. The Morgan fingerprint density at radius 3 is 3.00 bits per heavy atom. The number of aliphatic hydroxyl groups is 1. The fourth-order valence-corrected chi connectivity index (χ4v) is 0.626. The summed E-state index contributed by atoms with van der Waals surface area (Å²) in [6.45, 7) is 0. The number of hydrogen-bond acceptors (Lipinski definition) is 4. The van der Waals surface area contributed by atoms with E-state index >= 15 is 0 Å². The van der Waals surface area contributed by atoms with E-state index in [1.165, 1.54) is 12.4 Å². The summed E-state index contributed by atoms with van der Waals surface area (Å²) in [5.74, 6) is 5.18. The summed E-state index contributed by atoms with van der Waals surface area (Å²) in [7, 11) is 0. The fraction of sp³-hybridized carbons (Fsp3) is 0.250. The Morgan fingerprint density at radius 2 is 2.56 bits per heavy atom. The second kappa shape index (κ2) is 2.34. The first kappa shape index (κ1) is 6.54. The van der Waals surface area contributed by atoms with Crippen LogP contribution in [0.5, 0.6) is 0 Å². The van der Waals surface area contributed by atoms with Gasteiger partial charge in [0.2, 0.25) is 6.35 Å². The molecule has 3 N–H and O–H groups in total. The van der Waals surface area contributed by atoms with Crippen molar-refractivity contribution in [1.82, 2.24) is 5.01 Å². The average molecular weight is 148 g/mol. The van der Waals surface area contributed by atoms with E-state index in [0.717, 1.165) is 5.01 Å². The Morgan fingerprint density at radius 1 is 1.89 bits per heavy atom. The quantitative estimate of drug-likeness (QED) is 0.459. The van der Waals surface area contributed by atoms with Gasteiger partial charge in [-0.1, -0.05) is 11.6 Å². The Bertz CT molecular complexity index is 167. The first-order valence-electron chi connectivity index (χ1n) is 2.32. The number of halogens is 1. The number of rotatable bonds is 0. The van der Waals surface area contributed by atoms with E-state index in [0.29, 0.717) is 5.03 Å². The van der Waals surface area contributed by atoms with Crippen LogP contribution in [0.2, 0.25) is 0 Å². The van der Waals surface area contributed by atoms with Crippen LogP contribution in [0.25, 0.3) is 0 Å². The van der Waals surface area contributed by atoms with E-state index in [1.807, 2.05) is 0 Å². The van der Waals surface area contributed by atoms with Crippen molar-refractivity contribution in [1.29, 1.82) is 0 Å². The number of nitrogens with two attached hydrogens (primary N) is 1. The summed E-state index contributed by atoms with van der Waals surface area (Å²) in [6.07, 6.45) is 1.74. The van der Waals surface area contributed by atoms with Gasteiger partial charge in [-0.3, -0.25) is 5.01 Å². The maximum absolute atomic E-state index is 8.80. The summed E-state index contributed by atoms with van der Waals surface area (Å²) in [5, 5.41) is 10.2. The molecule has 0 aromatic carbocycles. The molecule has 9 heavy (non-hydrogen) atoms. The molecule has 1 rings (SSSR count). The molecule has 1 aliphatic heterocycles. The molecule has 1 unspecified atom stereocenters. The smallest absolute Gasteiger partial charge is 0.238 e. The molecule has 0 radical (unpaired) electrons. The maximum atomic E-state index is 8.80. The minimum Gasteiger partial charge on any atom is -0.354 e. The van der Waals surface area contributed by atoms with Gasteiger partial charge in [0.05, 0.1) is 5.03 Å². The first-order chi connectivity index (χ1) is 4.20. The van der Waals surface area contributed by atoms with Gasteiger partial charge in [-0.15, -0.1) is 0 Å². The topological polar surface area (TPSA) is 61.8 Å². The van der Waals surface area contributed by atoms with Gasteiger partial charge in [-0.05, 0) is 0 Å². The third kappa shape index (κ3) is 1.41.